The fourth-order valence-corrected chi connectivity index (χ4v) is 4.38. The minimum Gasteiger partial charge on any atom is -0.304 e. The zero-order valence-electron chi connectivity index (χ0n) is 14.2. The van der Waals surface area contributed by atoms with Crippen molar-refractivity contribution >= 4 is 11.4 Å². The van der Waals surface area contributed by atoms with E-state index >= 15 is 0 Å². The number of imidazole rings is 1. The molecule has 1 fully saturated rings. The second kappa shape index (κ2) is 6.39. The molecule has 2 aromatic heterocycles. The predicted molar refractivity (Wildman–Crippen MR) is 95.9 cm³/mol. The van der Waals surface area contributed by atoms with Crippen LogP contribution in [0.1, 0.15) is 50.6 Å². The van der Waals surface area contributed by atoms with E-state index in [-0.39, 0.29) is 5.78 Å². The number of carbonyl (C=O) groups excluding carboxylic acids is 1. The van der Waals surface area contributed by atoms with Crippen LogP contribution >= 0.6 is 0 Å². The van der Waals surface area contributed by atoms with Crippen molar-refractivity contribution in [1.82, 2.24) is 9.38 Å². The minimum absolute atomic E-state index is 0.231. The van der Waals surface area contributed by atoms with E-state index in [9.17, 15) is 4.79 Å². The first kappa shape index (κ1) is 15.4. The van der Waals surface area contributed by atoms with Crippen LogP contribution in [0.15, 0.2) is 54.4 Å². The van der Waals surface area contributed by atoms with Gasteiger partial charge in [-0.1, -0.05) is 25.1 Å². The monoisotopic (exact) mass is 320 g/mol. The summed E-state index contributed by atoms with van der Waals surface area (Å²) >= 11 is 0. The lowest BCUT2D eigenvalue weighted by atomic mass is 9.88. The summed E-state index contributed by atoms with van der Waals surface area (Å²) in [4.78, 5) is 15.9. The van der Waals surface area contributed by atoms with Gasteiger partial charge in [0.05, 0.1) is 0 Å². The van der Waals surface area contributed by atoms with E-state index in [0.717, 1.165) is 11.6 Å². The number of pyridine rings is 1. The van der Waals surface area contributed by atoms with Crippen LogP contribution in [-0.4, -0.2) is 15.2 Å². The Kier molecular flexibility index (Phi) is 4.09. The molecule has 0 spiro atoms. The number of allylic oxidation sites excluding steroid dienone is 4. The van der Waals surface area contributed by atoms with Crippen molar-refractivity contribution in [2.45, 2.75) is 44.9 Å². The lowest BCUT2D eigenvalue weighted by Crippen LogP contribution is -2.07. The molecule has 0 saturated heterocycles. The van der Waals surface area contributed by atoms with Gasteiger partial charge in [-0.05, 0) is 67.2 Å². The number of carbonyl (C=O) groups is 1. The van der Waals surface area contributed by atoms with Crippen molar-refractivity contribution < 1.29 is 4.79 Å². The van der Waals surface area contributed by atoms with Crippen LogP contribution in [-0.2, 0) is 4.79 Å². The number of nitrogens with zero attached hydrogens (tertiary/aromatic N) is 2. The number of hydrogen-bond acceptors (Lipinski definition) is 2. The molecule has 1 saturated carbocycles. The van der Waals surface area contributed by atoms with Crippen molar-refractivity contribution in [3.8, 4) is 0 Å². The van der Waals surface area contributed by atoms with Crippen LogP contribution in [0.25, 0.3) is 5.65 Å². The van der Waals surface area contributed by atoms with Crippen molar-refractivity contribution in [2.75, 3.05) is 0 Å². The average molecular weight is 320 g/mol. The van der Waals surface area contributed by atoms with Gasteiger partial charge in [-0.25, -0.2) is 4.98 Å². The summed E-state index contributed by atoms with van der Waals surface area (Å²) in [5.41, 5.74) is 3.74. The Bertz CT molecular complexity index is 814. The third kappa shape index (κ3) is 2.95. The molecule has 0 aromatic carbocycles. The quantitative estimate of drug-likeness (QED) is 0.818. The van der Waals surface area contributed by atoms with Gasteiger partial charge >= 0.3 is 0 Å². The Labute approximate surface area is 143 Å². The van der Waals surface area contributed by atoms with Crippen molar-refractivity contribution in [2.24, 2.45) is 11.8 Å². The molecule has 3 heteroatoms. The lowest BCUT2D eigenvalue weighted by molar-refractivity contribution is -0.113. The van der Waals surface area contributed by atoms with Crippen molar-refractivity contribution in [3.05, 3.63) is 60.1 Å². The van der Waals surface area contributed by atoms with Crippen molar-refractivity contribution in [3.63, 3.8) is 0 Å². The van der Waals surface area contributed by atoms with Crippen LogP contribution in [0.2, 0.25) is 0 Å². The molecule has 0 radical (unpaired) electrons. The van der Waals surface area contributed by atoms with Crippen molar-refractivity contribution in [1.29, 1.82) is 0 Å². The molecule has 2 aromatic rings. The zero-order chi connectivity index (χ0) is 16.5. The van der Waals surface area contributed by atoms with E-state index < -0.39 is 0 Å². The van der Waals surface area contributed by atoms with E-state index in [1.54, 1.807) is 6.08 Å². The lowest BCUT2D eigenvalue weighted by Gasteiger charge is -2.18. The summed E-state index contributed by atoms with van der Waals surface area (Å²) in [6.45, 7) is 2.32. The van der Waals surface area contributed by atoms with E-state index in [0.29, 0.717) is 18.3 Å². The summed E-state index contributed by atoms with van der Waals surface area (Å²) in [6, 6.07) is 6.17. The topological polar surface area (TPSA) is 34.4 Å². The molecule has 2 heterocycles. The van der Waals surface area contributed by atoms with Gasteiger partial charge in [0, 0.05) is 24.5 Å². The Morgan fingerprint density at radius 2 is 2.21 bits per heavy atom. The smallest absolute Gasteiger partial charge is 0.159 e. The summed E-state index contributed by atoms with van der Waals surface area (Å²) in [7, 11) is 0. The summed E-state index contributed by atoms with van der Waals surface area (Å²) in [6.07, 6.45) is 15.7. The minimum atomic E-state index is 0.231. The second-order valence-electron chi connectivity index (χ2n) is 7.33. The van der Waals surface area contributed by atoms with Gasteiger partial charge in [0.1, 0.15) is 5.65 Å². The Hall–Kier alpha value is -2.16. The predicted octanol–water partition coefficient (Wildman–Crippen LogP) is 4.70. The molecule has 3 nitrogen and oxygen atoms in total. The molecule has 24 heavy (non-hydrogen) atoms. The molecular weight excluding hydrogens is 296 g/mol. The van der Waals surface area contributed by atoms with Crippen LogP contribution in [0.3, 0.4) is 0 Å². The SMILES string of the molecule is C[C@@H](CC1CC[C@H](C2=CCC(=O)C=C2)C1)c1cnc2ccccn12. The molecule has 4 rings (SSSR count). The molecule has 2 aliphatic carbocycles. The van der Waals surface area contributed by atoms with E-state index in [1.807, 2.05) is 18.3 Å². The summed E-state index contributed by atoms with van der Waals surface area (Å²) < 4.78 is 2.22. The van der Waals surface area contributed by atoms with Crippen LogP contribution < -0.4 is 0 Å². The Balaban J connectivity index is 1.41. The first-order valence-corrected chi connectivity index (χ1v) is 9.03. The molecule has 3 atom stereocenters. The standard InChI is InChI=1S/C21H24N2O/c1-15(20-14-22-21-4-2-3-11-23(20)21)12-16-5-6-18(13-16)17-7-9-19(24)10-8-17/h2-4,7-9,11,14-16,18H,5-6,10,12-13H2,1H3/t15-,16?,18-/m0/s1. The highest BCUT2D eigenvalue weighted by Crippen LogP contribution is 2.41. The Morgan fingerprint density at radius 1 is 1.29 bits per heavy atom. The fourth-order valence-electron chi connectivity index (χ4n) is 4.38. The number of fused-ring (bicyclic) bond motifs is 1. The highest BCUT2D eigenvalue weighted by atomic mass is 16.1. The average Bonchev–Trinajstić information content (AvgIpc) is 3.22. The molecule has 2 aliphatic rings. The first-order chi connectivity index (χ1) is 11.7. The highest BCUT2D eigenvalue weighted by molar-refractivity contribution is 5.92. The maximum absolute atomic E-state index is 11.3. The normalized spacial score (nSPS) is 25.2. The number of rotatable bonds is 4. The van der Waals surface area contributed by atoms with Gasteiger partial charge in [0.2, 0.25) is 0 Å². The summed E-state index contributed by atoms with van der Waals surface area (Å²) in [5.74, 6) is 2.16. The van der Waals surface area contributed by atoms with Gasteiger partial charge in [-0.3, -0.25) is 4.79 Å². The Morgan fingerprint density at radius 3 is 3.04 bits per heavy atom. The molecule has 124 valence electrons. The van der Waals surface area contributed by atoms with E-state index in [1.165, 1.54) is 37.0 Å². The number of aromatic nitrogens is 2. The molecule has 0 amide bonds. The summed E-state index contributed by atoms with van der Waals surface area (Å²) in [5, 5.41) is 0. The highest BCUT2D eigenvalue weighted by Gasteiger charge is 2.29. The van der Waals surface area contributed by atoms with Crippen LogP contribution in [0, 0.1) is 11.8 Å². The van der Waals surface area contributed by atoms with Crippen LogP contribution in [0.5, 0.6) is 0 Å². The third-order valence-electron chi connectivity index (χ3n) is 5.65. The maximum Gasteiger partial charge on any atom is 0.159 e. The van der Waals surface area contributed by atoms with Gasteiger partial charge in [0.25, 0.3) is 0 Å². The molecule has 0 N–H and O–H groups in total. The molecule has 0 aliphatic heterocycles. The first-order valence-electron chi connectivity index (χ1n) is 9.03. The van der Waals surface area contributed by atoms with Crippen LogP contribution in [0.4, 0.5) is 0 Å². The van der Waals surface area contributed by atoms with E-state index in [4.69, 9.17) is 0 Å². The van der Waals surface area contributed by atoms with Gasteiger partial charge < -0.3 is 4.40 Å². The fraction of sp³-hybridized carbons (Fsp3) is 0.429. The third-order valence-corrected chi connectivity index (χ3v) is 5.65. The number of hydrogen-bond donors (Lipinski definition) is 0. The zero-order valence-corrected chi connectivity index (χ0v) is 14.2. The second-order valence-corrected chi connectivity index (χ2v) is 7.33. The number of ketones is 1. The van der Waals surface area contributed by atoms with Gasteiger partial charge in [-0.15, -0.1) is 0 Å². The van der Waals surface area contributed by atoms with Gasteiger partial charge in [-0.2, -0.15) is 0 Å². The maximum atomic E-state index is 11.3. The molecule has 0 bridgehead atoms. The van der Waals surface area contributed by atoms with Gasteiger partial charge in [0.15, 0.2) is 5.78 Å². The van der Waals surface area contributed by atoms with E-state index in [2.05, 4.69) is 40.7 Å². The molecule has 1 unspecified atom stereocenters. The largest absolute Gasteiger partial charge is 0.304 e. The molecular formula is C21H24N2O.